The van der Waals surface area contributed by atoms with Gasteiger partial charge in [-0.15, -0.1) is 0 Å². The largest absolute Gasteiger partial charge is 0.353 e. The van der Waals surface area contributed by atoms with Crippen molar-refractivity contribution in [1.29, 1.82) is 5.26 Å². The summed E-state index contributed by atoms with van der Waals surface area (Å²) in [7, 11) is -3.48. The first-order chi connectivity index (χ1) is 9.98. The highest BCUT2D eigenvalue weighted by atomic mass is 32.2. The van der Waals surface area contributed by atoms with Gasteiger partial charge >= 0.3 is 0 Å². The van der Waals surface area contributed by atoms with E-state index in [0.717, 1.165) is 12.8 Å². The van der Waals surface area contributed by atoms with Crippen molar-refractivity contribution in [2.45, 2.75) is 31.1 Å². The van der Waals surface area contributed by atoms with Crippen molar-refractivity contribution in [2.24, 2.45) is 0 Å². The van der Waals surface area contributed by atoms with Crippen molar-refractivity contribution in [3.8, 4) is 6.07 Å². The molecular weight excluding hydrogens is 290 g/mol. The van der Waals surface area contributed by atoms with Crippen LogP contribution in [-0.4, -0.2) is 26.9 Å². The molecule has 112 valence electrons. The highest BCUT2D eigenvalue weighted by Crippen LogP contribution is 2.18. The van der Waals surface area contributed by atoms with Crippen LogP contribution >= 0.6 is 0 Å². The lowest BCUT2D eigenvalue weighted by Crippen LogP contribution is -2.32. The molecule has 1 saturated carbocycles. The highest BCUT2D eigenvalue weighted by molar-refractivity contribution is 7.88. The van der Waals surface area contributed by atoms with Crippen molar-refractivity contribution in [1.82, 2.24) is 10.0 Å². The summed E-state index contributed by atoms with van der Waals surface area (Å²) in [6.45, 7) is 0.0944. The number of benzene rings is 1. The molecule has 1 aromatic carbocycles. The van der Waals surface area contributed by atoms with Crippen LogP contribution in [0, 0.1) is 11.3 Å². The molecule has 0 atom stereocenters. The van der Waals surface area contributed by atoms with E-state index in [0.29, 0.717) is 11.1 Å². The maximum atomic E-state index is 11.9. The molecule has 6 nitrogen and oxygen atoms in total. The Kier molecular flexibility index (Phi) is 4.94. The fraction of sp³-hybridized carbons (Fsp3) is 0.429. The van der Waals surface area contributed by atoms with Gasteiger partial charge in [-0.2, -0.15) is 5.26 Å². The predicted molar refractivity (Wildman–Crippen MR) is 77.6 cm³/mol. The van der Waals surface area contributed by atoms with Crippen molar-refractivity contribution in [2.75, 3.05) is 6.54 Å². The van der Waals surface area contributed by atoms with Gasteiger partial charge in [0.15, 0.2) is 0 Å². The minimum Gasteiger partial charge on any atom is -0.353 e. The quantitative estimate of drug-likeness (QED) is 0.772. The maximum absolute atomic E-state index is 11.9. The standard InChI is InChI=1S/C14H17N3O3S/c15-9-11-1-3-12(4-2-11)10-21(19,20)16-8-7-14(18)17-13-5-6-13/h1-4,13,16H,5-8,10H2,(H,17,18). The number of nitriles is 1. The molecule has 7 heteroatoms. The van der Waals surface area contributed by atoms with E-state index in [2.05, 4.69) is 10.0 Å². The summed E-state index contributed by atoms with van der Waals surface area (Å²) >= 11 is 0. The number of nitrogens with one attached hydrogen (secondary N) is 2. The van der Waals surface area contributed by atoms with Crippen LogP contribution in [0.25, 0.3) is 0 Å². The summed E-state index contributed by atoms with van der Waals surface area (Å²) in [5.74, 6) is -0.290. The fourth-order valence-electron chi connectivity index (χ4n) is 1.79. The van der Waals surface area contributed by atoms with Crippen LogP contribution in [0.15, 0.2) is 24.3 Å². The Hall–Kier alpha value is -1.91. The van der Waals surface area contributed by atoms with Crippen LogP contribution < -0.4 is 10.0 Å². The van der Waals surface area contributed by atoms with E-state index in [1.807, 2.05) is 6.07 Å². The molecule has 0 heterocycles. The van der Waals surface area contributed by atoms with Crippen molar-refractivity contribution in [3.05, 3.63) is 35.4 Å². The normalized spacial score (nSPS) is 14.4. The molecule has 1 aromatic rings. The average Bonchev–Trinajstić information content (AvgIpc) is 3.22. The molecule has 1 fully saturated rings. The lowest BCUT2D eigenvalue weighted by atomic mass is 10.2. The second-order valence-corrected chi connectivity index (χ2v) is 6.86. The Morgan fingerprint density at radius 1 is 1.29 bits per heavy atom. The molecule has 0 unspecified atom stereocenters. The lowest BCUT2D eigenvalue weighted by Gasteiger charge is -2.07. The Balaban J connectivity index is 1.77. The number of rotatable bonds is 7. The summed E-state index contributed by atoms with van der Waals surface area (Å²) in [6, 6.07) is 8.63. The van der Waals surface area contributed by atoms with E-state index in [1.165, 1.54) is 0 Å². The summed E-state index contributed by atoms with van der Waals surface area (Å²) in [6.07, 6.45) is 2.16. The average molecular weight is 307 g/mol. The number of amides is 1. The Bertz CT molecular complexity index is 643. The zero-order valence-electron chi connectivity index (χ0n) is 11.5. The van der Waals surface area contributed by atoms with Crippen LogP contribution in [0.3, 0.4) is 0 Å². The van der Waals surface area contributed by atoms with Gasteiger partial charge < -0.3 is 5.32 Å². The number of sulfonamides is 1. The Morgan fingerprint density at radius 2 is 1.95 bits per heavy atom. The third-order valence-electron chi connectivity index (χ3n) is 3.06. The molecule has 1 aliphatic rings. The SMILES string of the molecule is N#Cc1ccc(CS(=O)(=O)NCCC(=O)NC2CC2)cc1. The first-order valence-corrected chi connectivity index (χ1v) is 8.39. The zero-order chi connectivity index (χ0) is 15.3. The first-order valence-electron chi connectivity index (χ1n) is 6.74. The van der Waals surface area contributed by atoms with Crippen molar-refractivity contribution >= 4 is 15.9 Å². The Labute approximate surface area is 124 Å². The van der Waals surface area contributed by atoms with Crippen LogP contribution in [0.1, 0.15) is 30.4 Å². The minimum absolute atomic E-state index is 0.0944. The summed E-state index contributed by atoms with van der Waals surface area (Å²) in [4.78, 5) is 11.4. The highest BCUT2D eigenvalue weighted by Gasteiger charge is 2.23. The molecule has 21 heavy (non-hydrogen) atoms. The monoisotopic (exact) mass is 307 g/mol. The van der Waals surface area contributed by atoms with E-state index in [-0.39, 0.29) is 30.7 Å². The molecule has 1 amide bonds. The molecule has 0 bridgehead atoms. The topological polar surface area (TPSA) is 99.1 Å². The van der Waals surface area contributed by atoms with Gasteiger partial charge in [-0.25, -0.2) is 13.1 Å². The molecule has 0 aliphatic heterocycles. The van der Waals surface area contributed by atoms with Gasteiger partial charge in [0.05, 0.1) is 17.4 Å². The maximum Gasteiger partial charge on any atom is 0.221 e. The van der Waals surface area contributed by atoms with Crippen molar-refractivity contribution in [3.63, 3.8) is 0 Å². The molecule has 0 aromatic heterocycles. The summed E-state index contributed by atoms with van der Waals surface area (Å²) < 4.78 is 26.1. The molecule has 0 saturated heterocycles. The van der Waals surface area contributed by atoms with Crippen LogP contribution in [0.5, 0.6) is 0 Å². The summed E-state index contributed by atoms with van der Waals surface area (Å²) in [5, 5.41) is 11.5. The lowest BCUT2D eigenvalue weighted by molar-refractivity contribution is -0.121. The fourth-order valence-corrected chi connectivity index (χ4v) is 2.94. The van der Waals surface area contributed by atoms with Gasteiger partial charge in [0.1, 0.15) is 0 Å². The van der Waals surface area contributed by atoms with E-state index in [1.54, 1.807) is 24.3 Å². The smallest absolute Gasteiger partial charge is 0.221 e. The van der Waals surface area contributed by atoms with Crippen LogP contribution in [0.4, 0.5) is 0 Å². The second-order valence-electron chi connectivity index (χ2n) is 5.05. The molecule has 2 N–H and O–H groups in total. The number of nitrogens with zero attached hydrogens (tertiary/aromatic N) is 1. The second kappa shape index (κ2) is 6.70. The minimum atomic E-state index is -3.48. The van der Waals surface area contributed by atoms with Gasteiger partial charge in [0.2, 0.25) is 15.9 Å². The van der Waals surface area contributed by atoms with Crippen LogP contribution in [0.2, 0.25) is 0 Å². The van der Waals surface area contributed by atoms with Gasteiger partial charge in [-0.3, -0.25) is 4.79 Å². The Morgan fingerprint density at radius 3 is 2.52 bits per heavy atom. The van der Waals surface area contributed by atoms with Gasteiger partial charge in [-0.1, -0.05) is 12.1 Å². The van der Waals surface area contributed by atoms with Crippen LogP contribution in [-0.2, 0) is 20.6 Å². The molecule has 0 radical (unpaired) electrons. The first kappa shape index (κ1) is 15.5. The molecule has 2 rings (SSSR count). The zero-order valence-corrected chi connectivity index (χ0v) is 12.3. The molecular formula is C14H17N3O3S. The van der Waals surface area contributed by atoms with Crippen molar-refractivity contribution < 1.29 is 13.2 Å². The number of hydrogen-bond acceptors (Lipinski definition) is 4. The van der Waals surface area contributed by atoms with E-state index >= 15 is 0 Å². The summed E-state index contributed by atoms with van der Waals surface area (Å²) in [5.41, 5.74) is 1.09. The van der Waals surface area contributed by atoms with E-state index in [4.69, 9.17) is 5.26 Å². The van der Waals surface area contributed by atoms with E-state index in [9.17, 15) is 13.2 Å². The number of hydrogen-bond donors (Lipinski definition) is 2. The van der Waals surface area contributed by atoms with Gasteiger partial charge in [0.25, 0.3) is 0 Å². The molecule has 1 aliphatic carbocycles. The third kappa shape index (κ3) is 5.53. The van der Waals surface area contributed by atoms with Gasteiger partial charge in [0, 0.05) is 19.0 Å². The predicted octanol–water partition coefficient (Wildman–Crippen LogP) is 0.646. The number of carbonyl (C=O) groups excluding carboxylic acids is 1. The number of carbonyl (C=O) groups is 1. The van der Waals surface area contributed by atoms with Gasteiger partial charge in [-0.05, 0) is 30.5 Å². The third-order valence-corrected chi connectivity index (χ3v) is 4.41. The molecule has 0 spiro atoms. The van der Waals surface area contributed by atoms with E-state index < -0.39 is 10.0 Å².